The summed E-state index contributed by atoms with van der Waals surface area (Å²) in [5.41, 5.74) is 2.55. The van der Waals surface area contributed by atoms with Crippen molar-refractivity contribution in [1.29, 1.82) is 0 Å². The van der Waals surface area contributed by atoms with E-state index in [9.17, 15) is 0 Å². The molecule has 1 aliphatic carbocycles. The Hall–Kier alpha value is -2.77. The van der Waals surface area contributed by atoms with E-state index >= 15 is 0 Å². The molecule has 1 saturated heterocycles. The molecule has 2 fully saturated rings. The normalized spacial score (nSPS) is 18.2. The third kappa shape index (κ3) is 3.20. The Bertz CT molecular complexity index is 973. The van der Waals surface area contributed by atoms with Crippen LogP contribution in [0.5, 0.6) is 5.88 Å². The van der Waals surface area contributed by atoms with Gasteiger partial charge < -0.3 is 9.64 Å². The van der Waals surface area contributed by atoms with Crippen LogP contribution in [0.4, 0.5) is 5.82 Å². The van der Waals surface area contributed by atoms with E-state index in [1.165, 1.54) is 12.8 Å². The van der Waals surface area contributed by atoms with Crippen LogP contribution in [0.3, 0.4) is 0 Å². The lowest BCUT2D eigenvalue weighted by molar-refractivity contribution is 0.161. The molecule has 0 bridgehead atoms. The van der Waals surface area contributed by atoms with Crippen molar-refractivity contribution in [3.8, 4) is 5.88 Å². The molecule has 27 heavy (non-hydrogen) atoms. The average molecular weight is 365 g/mol. The van der Waals surface area contributed by atoms with Crippen LogP contribution in [0.25, 0.3) is 5.65 Å². The fourth-order valence-electron chi connectivity index (χ4n) is 3.55. The third-order valence-electron chi connectivity index (χ3n) is 5.29. The molecule has 0 unspecified atom stereocenters. The van der Waals surface area contributed by atoms with Gasteiger partial charge in [-0.1, -0.05) is 0 Å². The van der Waals surface area contributed by atoms with E-state index in [-0.39, 0.29) is 6.10 Å². The minimum atomic E-state index is 0.164. The Balaban J connectivity index is 1.28. The van der Waals surface area contributed by atoms with Gasteiger partial charge in [-0.3, -0.25) is 4.98 Å². The first-order valence-corrected chi connectivity index (χ1v) is 9.61. The van der Waals surface area contributed by atoms with Crippen molar-refractivity contribution in [2.24, 2.45) is 0 Å². The molecule has 0 N–H and O–H groups in total. The van der Waals surface area contributed by atoms with Crippen molar-refractivity contribution < 1.29 is 4.74 Å². The van der Waals surface area contributed by atoms with Crippen LogP contribution in [0, 0.1) is 13.8 Å². The van der Waals surface area contributed by atoms with Crippen molar-refractivity contribution in [3.63, 3.8) is 0 Å². The maximum Gasteiger partial charge on any atom is 0.235 e. The van der Waals surface area contributed by atoms with Gasteiger partial charge in [-0.25, -0.2) is 4.98 Å². The number of aromatic nitrogens is 6. The fourth-order valence-corrected chi connectivity index (χ4v) is 3.55. The second-order valence-corrected chi connectivity index (χ2v) is 7.50. The number of aryl methyl sites for hydroxylation is 2. The first-order chi connectivity index (χ1) is 13.2. The first-order valence-electron chi connectivity index (χ1n) is 9.61. The summed E-state index contributed by atoms with van der Waals surface area (Å²) in [6, 6.07) is 4.05. The SMILES string of the molecule is Cc1cnc(C)c(OC2CCN(c3ccc4nnc(C5CC5)n4n3)CC2)n1. The van der Waals surface area contributed by atoms with E-state index < -0.39 is 0 Å². The van der Waals surface area contributed by atoms with Crippen molar-refractivity contribution in [1.82, 2.24) is 29.8 Å². The van der Waals surface area contributed by atoms with Gasteiger partial charge in [0.15, 0.2) is 11.5 Å². The minimum absolute atomic E-state index is 0.164. The maximum atomic E-state index is 6.12. The van der Waals surface area contributed by atoms with Gasteiger partial charge in [0.2, 0.25) is 5.88 Å². The lowest BCUT2D eigenvalue weighted by Gasteiger charge is -2.32. The van der Waals surface area contributed by atoms with Crippen molar-refractivity contribution >= 4 is 11.5 Å². The molecule has 0 aromatic carbocycles. The lowest BCUT2D eigenvalue weighted by Crippen LogP contribution is -2.39. The fraction of sp³-hybridized carbons (Fsp3) is 0.526. The molecule has 0 radical (unpaired) electrons. The van der Waals surface area contributed by atoms with E-state index in [0.717, 1.165) is 54.6 Å². The summed E-state index contributed by atoms with van der Waals surface area (Å²) in [4.78, 5) is 11.1. The summed E-state index contributed by atoms with van der Waals surface area (Å²) in [7, 11) is 0. The first kappa shape index (κ1) is 16.4. The Labute approximate surface area is 157 Å². The molecule has 3 aromatic rings. The van der Waals surface area contributed by atoms with E-state index in [0.29, 0.717) is 11.8 Å². The molecule has 140 valence electrons. The highest BCUT2D eigenvalue weighted by molar-refractivity contribution is 5.46. The van der Waals surface area contributed by atoms with Crippen LogP contribution >= 0.6 is 0 Å². The molecule has 5 rings (SSSR count). The monoisotopic (exact) mass is 365 g/mol. The summed E-state index contributed by atoms with van der Waals surface area (Å²) >= 11 is 0. The third-order valence-corrected chi connectivity index (χ3v) is 5.29. The number of hydrogen-bond donors (Lipinski definition) is 0. The number of rotatable bonds is 4. The summed E-state index contributed by atoms with van der Waals surface area (Å²) in [6.45, 7) is 5.68. The highest BCUT2D eigenvalue weighted by atomic mass is 16.5. The maximum absolute atomic E-state index is 6.12. The Morgan fingerprint density at radius 1 is 1.04 bits per heavy atom. The summed E-state index contributed by atoms with van der Waals surface area (Å²) < 4.78 is 8.04. The molecular formula is C19H23N7O. The molecule has 1 saturated carbocycles. The largest absolute Gasteiger partial charge is 0.473 e. The Kier molecular flexibility index (Phi) is 3.91. The van der Waals surface area contributed by atoms with Gasteiger partial charge in [-0.15, -0.1) is 15.3 Å². The smallest absolute Gasteiger partial charge is 0.235 e. The molecule has 1 aliphatic heterocycles. The van der Waals surface area contributed by atoms with Crippen molar-refractivity contribution in [3.05, 3.63) is 35.5 Å². The number of piperidine rings is 1. The number of fused-ring (bicyclic) bond motifs is 1. The number of ether oxygens (including phenoxy) is 1. The van der Waals surface area contributed by atoms with Crippen LogP contribution in [-0.4, -0.2) is 49.0 Å². The molecule has 0 amide bonds. The van der Waals surface area contributed by atoms with E-state index in [1.54, 1.807) is 6.20 Å². The highest BCUT2D eigenvalue weighted by Gasteiger charge is 2.30. The predicted molar refractivity (Wildman–Crippen MR) is 100 cm³/mol. The van der Waals surface area contributed by atoms with Crippen LogP contribution in [0.15, 0.2) is 18.3 Å². The predicted octanol–water partition coefficient (Wildman–Crippen LogP) is 2.46. The summed E-state index contributed by atoms with van der Waals surface area (Å²) in [6.07, 6.45) is 6.19. The van der Waals surface area contributed by atoms with Crippen molar-refractivity contribution in [2.45, 2.75) is 51.6 Å². The zero-order valence-corrected chi connectivity index (χ0v) is 15.7. The topological polar surface area (TPSA) is 81.3 Å². The van der Waals surface area contributed by atoms with Crippen LogP contribution < -0.4 is 9.64 Å². The van der Waals surface area contributed by atoms with Gasteiger partial charge in [0.1, 0.15) is 11.9 Å². The zero-order valence-electron chi connectivity index (χ0n) is 15.7. The molecule has 8 nitrogen and oxygen atoms in total. The molecule has 8 heteroatoms. The average Bonchev–Trinajstić information content (AvgIpc) is 3.44. The Morgan fingerprint density at radius 2 is 1.85 bits per heavy atom. The van der Waals surface area contributed by atoms with E-state index in [1.807, 2.05) is 30.5 Å². The molecular weight excluding hydrogens is 342 g/mol. The van der Waals surface area contributed by atoms with Crippen molar-refractivity contribution in [2.75, 3.05) is 18.0 Å². The molecule has 0 spiro atoms. The minimum Gasteiger partial charge on any atom is -0.473 e. The van der Waals surface area contributed by atoms with Gasteiger partial charge >= 0.3 is 0 Å². The summed E-state index contributed by atoms with van der Waals surface area (Å²) in [5.74, 6) is 3.17. The van der Waals surface area contributed by atoms with Gasteiger partial charge in [0.05, 0.1) is 11.4 Å². The zero-order chi connectivity index (χ0) is 18.4. The number of anilines is 1. The van der Waals surface area contributed by atoms with E-state index in [4.69, 9.17) is 9.84 Å². The van der Waals surface area contributed by atoms with E-state index in [2.05, 4.69) is 25.1 Å². The standard InChI is InChI=1S/C19H23N7O/c1-12-11-20-13(2)19(21-12)27-15-7-9-25(10-8-15)17-6-5-16-22-23-18(14-3-4-14)26(16)24-17/h5-6,11,14-15H,3-4,7-10H2,1-2H3. The quantitative estimate of drug-likeness (QED) is 0.702. The molecule has 4 heterocycles. The van der Waals surface area contributed by atoms with Gasteiger partial charge in [0.25, 0.3) is 0 Å². The molecule has 0 atom stereocenters. The number of hydrogen-bond acceptors (Lipinski definition) is 7. The van der Waals surface area contributed by atoms with Crippen LogP contribution in [-0.2, 0) is 0 Å². The molecule has 2 aliphatic rings. The van der Waals surface area contributed by atoms with Gasteiger partial charge in [-0.2, -0.15) is 4.52 Å². The second-order valence-electron chi connectivity index (χ2n) is 7.50. The Morgan fingerprint density at radius 3 is 2.63 bits per heavy atom. The lowest BCUT2D eigenvalue weighted by atomic mass is 10.1. The van der Waals surface area contributed by atoms with Gasteiger partial charge in [-0.05, 0) is 38.8 Å². The number of nitrogens with zero attached hydrogens (tertiary/aromatic N) is 7. The van der Waals surface area contributed by atoms with Gasteiger partial charge in [0, 0.05) is 38.0 Å². The van der Waals surface area contributed by atoms with Crippen LogP contribution in [0.2, 0.25) is 0 Å². The second kappa shape index (κ2) is 6.44. The highest BCUT2D eigenvalue weighted by Crippen LogP contribution is 2.38. The van der Waals surface area contributed by atoms with Crippen LogP contribution in [0.1, 0.15) is 48.8 Å². The molecule has 3 aromatic heterocycles. The summed E-state index contributed by atoms with van der Waals surface area (Å²) in [5, 5.41) is 13.4.